The zero-order valence-corrected chi connectivity index (χ0v) is 11.1. The molecule has 2 heterocycles. The number of hydrogen-bond donors (Lipinski definition) is 1. The lowest BCUT2D eigenvalue weighted by molar-refractivity contribution is 0.206. The SMILES string of the molecule is OC(c1ccncc1Cl)c1cccc2c1OCCC2. The molecule has 0 saturated carbocycles. The molecule has 1 aliphatic heterocycles. The first-order chi connectivity index (χ1) is 9.27. The van der Waals surface area contributed by atoms with E-state index in [1.165, 1.54) is 6.20 Å². The summed E-state index contributed by atoms with van der Waals surface area (Å²) in [7, 11) is 0. The third-order valence-corrected chi connectivity index (χ3v) is 3.67. The van der Waals surface area contributed by atoms with Gasteiger partial charge in [-0.1, -0.05) is 29.8 Å². The maximum atomic E-state index is 10.5. The normalized spacial score (nSPS) is 15.5. The van der Waals surface area contributed by atoms with Gasteiger partial charge in [-0.15, -0.1) is 0 Å². The van der Waals surface area contributed by atoms with Gasteiger partial charge >= 0.3 is 0 Å². The largest absolute Gasteiger partial charge is 0.493 e. The van der Waals surface area contributed by atoms with E-state index in [-0.39, 0.29) is 0 Å². The standard InChI is InChI=1S/C15H14ClNO2/c16-13-9-17-7-6-11(13)14(18)12-5-1-3-10-4-2-8-19-15(10)12/h1,3,5-7,9,14,18H,2,4,8H2. The van der Waals surface area contributed by atoms with Crippen molar-refractivity contribution < 1.29 is 9.84 Å². The van der Waals surface area contributed by atoms with E-state index >= 15 is 0 Å². The van der Waals surface area contributed by atoms with Crippen LogP contribution in [0.15, 0.2) is 36.7 Å². The summed E-state index contributed by atoms with van der Waals surface area (Å²) in [5, 5.41) is 11.0. The summed E-state index contributed by atoms with van der Waals surface area (Å²) < 4.78 is 5.72. The third kappa shape index (κ3) is 2.31. The first-order valence-corrected chi connectivity index (χ1v) is 6.67. The molecule has 0 fully saturated rings. The molecular weight excluding hydrogens is 262 g/mol. The lowest BCUT2D eigenvalue weighted by atomic mass is 9.96. The van der Waals surface area contributed by atoms with Crippen LogP contribution in [0.1, 0.15) is 29.2 Å². The zero-order valence-electron chi connectivity index (χ0n) is 10.3. The number of fused-ring (bicyclic) bond motifs is 1. The topological polar surface area (TPSA) is 42.4 Å². The number of aryl methyl sites for hydroxylation is 1. The number of para-hydroxylation sites is 1. The molecule has 3 nitrogen and oxygen atoms in total. The molecule has 0 spiro atoms. The molecule has 4 heteroatoms. The second-order valence-corrected chi connectivity index (χ2v) is 4.99. The number of ether oxygens (including phenoxy) is 1. The molecule has 0 amide bonds. The maximum Gasteiger partial charge on any atom is 0.128 e. The predicted octanol–water partition coefficient (Wildman–Crippen LogP) is 3.14. The molecule has 1 aromatic heterocycles. The second kappa shape index (κ2) is 5.19. The molecule has 1 N–H and O–H groups in total. The van der Waals surface area contributed by atoms with Crippen molar-refractivity contribution in [3.05, 3.63) is 58.4 Å². The Balaban J connectivity index is 2.05. The van der Waals surface area contributed by atoms with Gasteiger partial charge in [0, 0.05) is 23.5 Å². The van der Waals surface area contributed by atoms with Gasteiger partial charge in [0.1, 0.15) is 11.9 Å². The summed E-state index contributed by atoms with van der Waals surface area (Å²) in [6.07, 6.45) is 4.38. The number of nitrogens with zero attached hydrogens (tertiary/aromatic N) is 1. The molecule has 1 aromatic carbocycles. The smallest absolute Gasteiger partial charge is 0.128 e. The molecule has 0 bridgehead atoms. The van der Waals surface area contributed by atoms with E-state index in [1.54, 1.807) is 12.3 Å². The first kappa shape index (κ1) is 12.5. The van der Waals surface area contributed by atoms with E-state index in [0.717, 1.165) is 29.7 Å². The highest BCUT2D eigenvalue weighted by molar-refractivity contribution is 6.31. The average molecular weight is 276 g/mol. The molecule has 2 aromatic rings. The van der Waals surface area contributed by atoms with Gasteiger partial charge in [-0.3, -0.25) is 4.98 Å². The first-order valence-electron chi connectivity index (χ1n) is 6.29. The molecule has 98 valence electrons. The number of pyridine rings is 1. The Morgan fingerprint density at radius 1 is 1.26 bits per heavy atom. The number of aromatic nitrogens is 1. The van der Waals surface area contributed by atoms with Gasteiger partial charge in [0.15, 0.2) is 0 Å². The Hall–Kier alpha value is -1.58. The summed E-state index contributed by atoms with van der Waals surface area (Å²) in [5.41, 5.74) is 2.57. The maximum absolute atomic E-state index is 10.5. The van der Waals surface area contributed by atoms with Crippen LogP contribution in [0.25, 0.3) is 0 Å². The molecule has 1 atom stereocenters. The number of aliphatic hydroxyl groups is 1. The zero-order chi connectivity index (χ0) is 13.2. The van der Waals surface area contributed by atoms with E-state index in [0.29, 0.717) is 17.2 Å². The van der Waals surface area contributed by atoms with Gasteiger partial charge in [-0.2, -0.15) is 0 Å². The van der Waals surface area contributed by atoms with Crippen LogP contribution in [-0.4, -0.2) is 16.7 Å². The van der Waals surface area contributed by atoms with E-state index in [1.807, 2.05) is 18.2 Å². The number of benzene rings is 1. The van der Waals surface area contributed by atoms with E-state index < -0.39 is 6.10 Å². The van der Waals surface area contributed by atoms with Crippen LogP contribution in [0.3, 0.4) is 0 Å². The summed E-state index contributed by atoms with van der Waals surface area (Å²) in [5.74, 6) is 0.800. The second-order valence-electron chi connectivity index (χ2n) is 4.59. The quantitative estimate of drug-likeness (QED) is 0.915. The molecule has 0 aliphatic carbocycles. The third-order valence-electron chi connectivity index (χ3n) is 3.36. The van der Waals surface area contributed by atoms with Crippen molar-refractivity contribution >= 4 is 11.6 Å². The lowest BCUT2D eigenvalue weighted by Gasteiger charge is -2.23. The van der Waals surface area contributed by atoms with Crippen molar-refractivity contribution in [1.29, 1.82) is 0 Å². The Labute approximate surface area is 116 Å². The number of rotatable bonds is 2. The van der Waals surface area contributed by atoms with Crippen LogP contribution in [-0.2, 0) is 6.42 Å². The van der Waals surface area contributed by atoms with Crippen LogP contribution in [0.2, 0.25) is 5.02 Å². The van der Waals surface area contributed by atoms with Gasteiger partial charge in [0.25, 0.3) is 0 Å². The fourth-order valence-corrected chi connectivity index (χ4v) is 2.63. The van der Waals surface area contributed by atoms with E-state index in [4.69, 9.17) is 16.3 Å². The van der Waals surface area contributed by atoms with E-state index in [2.05, 4.69) is 4.98 Å². The van der Waals surface area contributed by atoms with E-state index in [9.17, 15) is 5.11 Å². The lowest BCUT2D eigenvalue weighted by Crippen LogP contribution is -2.12. The van der Waals surface area contributed by atoms with Crippen molar-refractivity contribution in [2.24, 2.45) is 0 Å². The Morgan fingerprint density at radius 2 is 2.16 bits per heavy atom. The Bertz CT molecular complexity index is 600. The summed E-state index contributed by atoms with van der Waals surface area (Å²) in [6, 6.07) is 7.60. The fourth-order valence-electron chi connectivity index (χ4n) is 2.41. The molecule has 19 heavy (non-hydrogen) atoms. The summed E-state index contributed by atoms with van der Waals surface area (Å²) >= 11 is 6.09. The summed E-state index contributed by atoms with van der Waals surface area (Å²) in [6.45, 7) is 0.695. The van der Waals surface area contributed by atoms with Gasteiger partial charge in [-0.25, -0.2) is 0 Å². The minimum absolute atomic E-state index is 0.461. The Morgan fingerprint density at radius 3 is 3.00 bits per heavy atom. The Kier molecular flexibility index (Phi) is 3.40. The van der Waals surface area contributed by atoms with Gasteiger partial charge in [0.2, 0.25) is 0 Å². The molecule has 0 radical (unpaired) electrons. The van der Waals surface area contributed by atoms with Crippen molar-refractivity contribution in [3.8, 4) is 5.75 Å². The van der Waals surface area contributed by atoms with Crippen LogP contribution in [0.5, 0.6) is 5.75 Å². The highest BCUT2D eigenvalue weighted by Gasteiger charge is 2.22. The minimum atomic E-state index is -0.788. The number of aliphatic hydroxyl groups excluding tert-OH is 1. The van der Waals surface area contributed by atoms with Crippen molar-refractivity contribution in [2.75, 3.05) is 6.61 Å². The van der Waals surface area contributed by atoms with Crippen LogP contribution in [0, 0.1) is 0 Å². The van der Waals surface area contributed by atoms with Gasteiger partial charge < -0.3 is 9.84 Å². The van der Waals surface area contributed by atoms with Gasteiger partial charge in [0.05, 0.1) is 11.6 Å². The highest BCUT2D eigenvalue weighted by Crippen LogP contribution is 2.37. The van der Waals surface area contributed by atoms with Crippen LogP contribution >= 0.6 is 11.6 Å². The predicted molar refractivity (Wildman–Crippen MR) is 73.6 cm³/mol. The van der Waals surface area contributed by atoms with Crippen molar-refractivity contribution in [1.82, 2.24) is 4.98 Å². The highest BCUT2D eigenvalue weighted by atomic mass is 35.5. The minimum Gasteiger partial charge on any atom is -0.493 e. The summed E-state index contributed by atoms with van der Waals surface area (Å²) in [4.78, 5) is 3.93. The van der Waals surface area contributed by atoms with Crippen LogP contribution < -0.4 is 4.74 Å². The monoisotopic (exact) mass is 275 g/mol. The number of halogens is 1. The molecular formula is C15H14ClNO2. The van der Waals surface area contributed by atoms with Crippen LogP contribution in [0.4, 0.5) is 0 Å². The molecule has 0 saturated heterocycles. The average Bonchev–Trinajstić information content (AvgIpc) is 2.46. The molecule has 1 unspecified atom stereocenters. The van der Waals surface area contributed by atoms with Crippen molar-refractivity contribution in [2.45, 2.75) is 18.9 Å². The van der Waals surface area contributed by atoms with Crippen molar-refractivity contribution in [3.63, 3.8) is 0 Å². The number of hydrogen-bond acceptors (Lipinski definition) is 3. The fraction of sp³-hybridized carbons (Fsp3) is 0.267. The molecule has 3 rings (SSSR count). The van der Waals surface area contributed by atoms with Gasteiger partial charge in [-0.05, 0) is 24.5 Å². The molecule has 1 aliphatic rings.